The maximum Gasteiger partial charge on any atom is 0.234 e. The quantitative estimate of drug-likeness (QED) is 0.828. The van der Waals surface area contributed by atoms with Gasteiger partial charge < -0.3 is 10.6 Å². The minimum Gasteiger partial charge on any atom is -0.325 e. The van der Waals surface area contributed by atoms with E-state index in [1.165, 1.54) is 18.7 Å². The molecule has 22 heavy (non-hydrogen) atoms. The molecule has 0 unspecified atom stereocenters. The molecule has 6 nitrogen and oxygen atoms in total. The number of hydrogen-bond acceptors (Lipinski definition) is 5. The number of nitrogens with one attached hydrogen (secondary N) is 2. The second-order valence-electron chi connectivity index (χ2n) is 4.64. The predicted octanol–water partition coefficient (Wildman–Crippen LogP) is 2.47. The van der Waals surface area contributed by atoms with Crippen molar-refractivity contribution in [2.75, 3.05) is 16.4 Å². The molecule has 0 atom stereocenters. The van der Waals surface area contributed by atoms with Gasteiger partial charge in [-0.15, -0.1) is 10.2 Å². The third-order valence-electron chi connectivity index (χ3n) is 2.63. The molecule has 114 valence electrons. The lowest BCUT2D eigenvalue weighted by molar-refractivity contribution is -0.114. The van der Waals surface area contributed by atoms with Crippen LogP contribution in [0.25, 0.3) is 0 Å². The van der Waals surface area contributed by atoms with Crippen LogP contribution in [0.3, 0.4) is 0 Å². The molecule has 1 aromatic heterocycles. The molecule has 0 aliphatic carbocycles. The van der Waals surface area contributed by atoms with Crippen molar-refractivity contribution in [1.82, 2.24) is 10.2 Å². The van der Waals surface area contributed by atoms with Crippen LogP contribution in [0.1, 0.15) is 12.5 Å². The highest BCUT2D eigenvalue weighted by molar-refractivity contribution is 7.99. The standard InChI is InChI=1S/C15H16N4O2S/c1-10-3-5-12(6-4-10)17-14(21)9-22-15-8-7-13(18-19-15)16-11(2)20/h3-8H,9H2,1-2H3,(H,17,21)(H,16,18,20). The third kappa shape index (κ3) is 5.17. The summed E-state index contributed by atoms with van der Waals surface area (Å²) >= 11 is 1.28. The predicted molar refractivity (Wildman–Crippen MR) is 86.9 cm³/mol. The highest BCUT2D eigenvalue weighted by atomic mass is 32.2. The van der Waals surface area contributed by atoms with Gasteiger partial charge in [0.15, 0.2) is 5.82 Å². The normalized spacial score (nSPS) is 10.1. The largest absolute Gasteiger partial charge is 0.325 e. The second kappa shape index (κ2) is 7.56. The van der Waals surface area contributed by atoms with Crippen molar-refractivity contribution in [3.63, 3.8) is 0 Å². The molecular formula is C15H16N4O2S. The lowest BCUT2D eigenvalue weighted by Crippen LogP contribution is -2.14. The fraction of sp³-hybridized carbons (Fsp3) is 0.200. The van der Waals surface area contributed by atoms with Crippen molar-refractivity contribution >= 4 is 35.1 Å². The van der Waals surface area contributed by atoms with E-state index in [-0.39, 0.29) is 17.6 Å². The van der Waals surface area contributed by atoms with E-state index in [0.29, 0.717) is 10.8 Å². The Balaban J connectivity index is 1.83. The zero-order valence-corrected chi connectivity index (χ0v) is 13.1. The van der Waals surface area contributed by atoms with E-state index in [1.54, 1.807) is 12.1 Å². The van der Waals surface area contributed by atoms with Gasteiger partial charge in [-0.2, -0.15) is 0 Å². The van der Waals surface area contributed by atoms with E-state index in [2.05, 4.69) is 20.8 Å². The van der Waals surface area contributed by atoms with Gasteiger partial charge in [0.25, 0.3) is 0 Å². The Labute approximate surface area is 132 Å². The van der Waals surface area contributed by atoms with Gasteiger partial charge >= 0.3 is 0 Å². The summed E-state index contributed by atoms with van der Waals surface area (Å²) in [5.74, 6) is 0.317. The molecule has 1 heterocycles. The average molecular weight is 316 g/mol. The van der Waals surface area contributed by atoms with Crippen LogP contribution in [0.15, 0.2) is 41.4 Å². The van der Waals surface area contributed by atoms with Gasteiger partial charge in [-0.05, 0) is 31.2 Å². The number of hydrogen-bond donors (Lipinski definition) is 2. The van der Waals surface area contributed by atoms with Crippen molar-refractivity contribution < 1.29 is 9.59 Å². The number of amides is 2. The maximum atomic E-state index is 11.8. The first kappa shape index (κ1) is 16.0. The molecule has 0 fully saturated rings. The van der Waals surface area contributed by atoms with Gasteiger partial charge in [0.2, 0.25) is 11.8 Å². The van der Waals surface area contributed by atoms with Gasteiger partial charge in [0.05, 0.1) is 5.75 Å². The Morgan fingerprint density at radius 3 is 2.36 bits per heavy atom. The first-order chi connectivity index (χ1) is 10.5. The summed E-state index contributed by atoms with van der Waals surface area (Å²) in [4.78, 5) is 22.7. The Morgan fingerprint density at radius 1 is 1.05 bits per heavy atom. The highest BCUT2D eigenvalue weighted by Crippen LogP contribution is 2.16. The van der Waals surface area contributed by atoms with Crippen molar-refractivity contribution in [1.29, 1.82) is 0 Å². The van der Waals surface area contributed by atoms with Crippen molar-refractivity contribution in [2.45, 2.75) is 18.9 Å². The summed E-state index contributed by atoms with van der Waals surface area (Å²) < 4.78 is 0. The molecule has 0 radical (unpaired) electrons. The molecule has 2 aromatic rings. The Hall–Kier alpha value is -2.41. The maximum absolute atomic E-state index is 11.8. The minimum atomic E-state index is -0.202. The molecule has 0 spiro atoms. The lowest BCUT2D eigenvalue weighted by atomic mass is 10.2. The number of carbonyl (C=O) groups is 2. The topological polar surface area (TPSA) is 84.0 Å². The van der Waals surface area contributed by atoms with Gasteiger partial charge in [-0.1, -0.05) is 29.5 Å². The fourth-order valence-electron chi connectivity index (χ4n) is 1.62. The summed E-state index contributed by atoms with van der Waals surface area (Å²) in [7, 11) is 0. The Morgan fingerprint density at radius 2 is 1.77 bits per heavy atom. The highest BCUT2D eigenvalue weighted by Gasteiger charge is 2.05. The number of rotatable bonds is 5. The van der Waals surface area contributed by atoms with E-state index >= 15 is 0 Å². The molecule has 0 aliphatic heterocycles. The average Bonchev–Trinajstić information content (AvgIpc) is 2.48. The number of aryl methyl sites for hydroxylation is 1. The summed E-state index contributed by atoms with van der Waals surface area (Å²) in [6.07, 6.45) is 0. The molecule has 7 heteroatoms. The number of benzene rings is 1. The number of anilines is 2. The molecule has 0 saturated heterocycles. The van der Waals surface area contributed by atoms with E-state index in [4.69, 9.17) is 0 Å². The fourth-order valence-corrected chi connectivity index (χ4v) is 2.23. The Kier molecular flexibility index (Phi) is 5.48. The van der Waals surface area contributed by atoms with Crippen LogP contribution in [0.2, 0.25) is 0 Å². The van der Waals surface area contributed by atoms with Crippen LogP contribution in [-0.4, -0.2) is 27.8 Å². The minimum absolute atomic E-state index is 0.110. The molecule has 2 rings (SSSR count). The summed E-state index contributed by atoms with van der Waals surface area (Å²) in [5.41, 5.74) is 1.91. The number of aromatic nitrogens is 2. The molecule has 0 aliphatic rings. The molecule has 2 N–H and O–H groups in total. The monoisotopic (exact) mass is 316 g/mol. The van der Waals surface area contributed by atoms with Crippen LogP contribution in [0, 0.1) is 6.92 Å². The third-order valence-corrected chi connectivity index (χ3v) is 3.55. The number of carbonyl (C=O) groups excluding carboxylic acids is 2. The molecule has 0 bridgehead atoms. The van der Waals surface area contributed by atoms with Crippen LogP contribution >= 0.6 is 11.8 Å². The lowest BCUT2D eigenvalue weighted by Gasteiger charge is -2.05. The van der Waals surface area contributed by atoms with Crippen molar-refractivity contribution in [2.24, 2.45) is 0 Å². The van der Waals surface area contributed by atoms with Crippen LogP contribution < -0.4 is 10.6 Å². The first-order valence-corrected chi connectivity index (χ1v) is 7.62. The van der Waals surface area contributed by atoms with E-state index in [1.807, 2.05) is 31.2 Å². The summed E-state index contributed by atoms with van der Waals surface area (Å²) in [5, 5.41) is 13.8. The van der Waals surface area contributed by atoms with E-state index < -0.39 is 0 Å². The summed E-state index contributed by atoms with van der Waals surface area (Å²) in [6.45, 7) is 3.39. The number of thioether (sulfide) groups is 1. The van der Waals surface area contributed by atoms with Gasteiger partial charge in [0, 0.05) is 12.6 Å². The van der Waals surface area contributed by atoms with Gasteiger partial charge in [-0.3, -0.25) is 9.59 Å². The zero-order chi connectivity index (χ0) is 15.9. The number of nitrogens with zero attached hydrogens (tertiary/aromatic N) is 2. The van der Waals surface area contributed by atoms with Crippen LogP contribution in [0.5, 0.6) is 0 Å². The van der Waals surface area contributed by atoms with Crippen molar-refractivity contribution in [3.05, 3.63) is 42.0 Å². The van der Waals surface area contributed by atoms with E-state index in [0.717, 1.165) is 11.3 Å². The first-order valence-electron chi connectivity index (χ1n) is 6.63. The molecular weight excluding hydrogens is 300 g/mol. The summed E-state index contributed by atoms with van der Waals surface area (Å²) in [6, 6.07) is 11.0. The zero-order valence-electron chi connectivity index (χ0n) is 12.3. The van der Waals surface area contributed by atoms with Gasteiger partial charge in [-0.25, -0.2) is 0 Å². The molecule has 2 amide bonds. The van der Waals surface area contributed by atoms with Gasteiger partial charge in [0.1, 0.15) is 5.03 Å². The van der Waals surface area contributed by atoms with E-state index in [9.17, 15) is 9.59 Å². The second-order valence-corrected chi connectivity index (χ2v) is 5.64. The Bertz CT molecular complexity index is 656. The molecule has 1 aromatic carbocycles. The smallest absolute Gasteiger partial charge is 0.234 e. The van der Waals surface area contributed by atoms with Crippen LogP contribution in [0.4, 0.5) is 11.5 Å². The SMILES string of the molecule is CC(=O)Nc1ccc(SCC(=O)Nc2ccc(C)cc2)nn1. The molecule has 0 saturated carbocycles. The van der Waals surface area contributed by atoms with Crippen LogP contribution in [-0.2, 0) is 9.59 Å². The van der Waals surface area contributed by atoms with Crippen molar-refractivity contribution in [3.8, 4) is 0 Å².